The summed E-state index contributed by atoms with van der Waals surface area (Å²) in [6, 6.07) is 35.5. The second kappa shape index (κ2) is 23.2. The first kappa shape index (κ1) is 40.6. The van der Waals surface area contributed by atoms with Crippen LogP contribution in [0, 0.1) is 0 Å². The van der Waals surface area contributed by atoms with Crippen LogP contribution in [-0.2, 0) is 5.41 Å². The molecule has 5 rings (SSSR count). The van der Waals surface area contributed by atoms with Crippen LogP contribution in [0.2, 0.25) is 0 Å². The number of hydrogen-bond donors (Lipinski definition) is 2. The fraction of sp³-hybridized carbons (Fsp3) is 0.510. The summed E-state index contributed by atoms with van der Waals surface area (Å²) in [5.41, 5.74) is 7.30. The maximum atomic E-state index is 8.91. The minimum atomic E-state index is -0.429. The molecular formula is C49H66O4. The molecule has 286 valence electrons. The lowest BCUT2D eigenvalue weighted by atomic mass is 9.68. The van der Waals surface area contributed by atoms with Crippen molar-refractivity contribution in [3.8, 4) is 22.6 Å². The molecule has 4 nitrogen and oxygen atoms in total. The van der Waals surface area contributed by atoms with Crippen LogP contribution in [0.4, 0.5) is 0 Å². The highest BCUT2D eigenvalue weighted by Gasteiger charge is 2.45. The average molecular weight is 719 g/mol. The Bertz CT molecular complexity index is 1440. The topological polar surface area (TPSA) is 58.9 Å². The molecule has 1 aliphatic rings. The molecule has 53 heavy (non-hydrogen) atoms. The third kappa shape index (κ3) is 11.7. The SMILES string of the molecule is OCCCCCCCCCCCCOc1ccc(C2(c3ccc(OCCCCCCCCCCCCO)cc3)c3ccccc3-c3ccccc32)cc1. The van der Waals surface area contributed by atoms with Gasteiger partial charge in [0, 0.05) is 13.2 Å². The zero-order chi connectivity index (χ0) is 36.8. The van der Waals surface area contributed by atoms with Crippen molar-refractivity contribution >= 4 is 0 Å². The second-order valence-electron chi connectivity index (χ2n) is 15.1. The maximum Gasteiger partial charge on any atom is 0.119 e. The Morgan fingerprint density at radius 1 is 0.340 bits per heavy atom. The Kier molecular flexibility index (Phi) is 17.8. The van der Waals surface area contributed by atoms with Crippen molar-refractivity contribution in [3.05, 3.63) is 119 Å². The molecule has 0 unspecified atom stereocenters. The first-order chi connectivity index (χ1) is 26.3. The maximum absolute atomic E-state index is 8.91. The van der Waals surface area contributed by atoms with Gasteiger partial charge in [-0.2, -0.15) is 0 Å². The van der Waals surface area contributed by atoms with Crippen molar-refractivity contribution in [1.82, 2.24) is 0 Å². The fourth-order valence-corrected chi connectivity index (χ4v) is 8.26. The van der Waals surface area contributed by atoms with E-state index in [-0.39, 0.29) is 0 Å². The molecule has 0 aromatic heterocycles. The van der Waals surface area contributed by atoms with E-state index in [0.717, 1.165) is 63.2 Å². The van der Waals surface area contributed by atoms with E-state index in [4.69, 9.17) is 19.7 Å². The molecule has 0 spiro atoms. The van der Waals surface area contributed by atoms with Gasteiger partial charge in [-0.05, 0) is 83.3 Å². The fourth-order valence-electron chi connectivity index (χ4n) is 8.26. The van der Waals surface area contributed by atoms with Crippen molar-refractivity contribution in [1.29, 1.82) is 0 Å². The molecule has 0 fully saturated rings. The molecule has 0 atom stereocenters. The third-order valence-electron chi connectivity index (χ3n) is 11.2. The van der Waals surface area contributed by atoms with Crippen LogP contribution >= 0.6 is 0 Å². The summed E-state index contributed by atoms with van der Waals surface area (Å²) in [6.45, 7) is 2.17. The van der Waals surface area contributed by atoms with Crippen molar-refractivity contribution < 1.29 is 19.7 Å². The molecule has 0 saturated heterocycles. The van der Waals surface area contributed by atoms with Gasteiger partial charge in [0.1, 0.15) is 11.5 Å². The number of aliphatic hydroxyl groups is 2. The van der Waals surface area contributed by atoms with Crippen LogP contribution in [0.3, 0.4) is 0 Å². The smallest absolute Gasteiger partial charge is 0.119 e. The molecule has 0 radical (unpaired) electrons. The van der Waals surface area contributed by atoms with Gasteiger partial charge in [-0.25, -0.2) is 0 Å². The van der Waals surface area contributed by atoms with Gasteiger partial charge in [0.25, 0.3) is 0 Å². The lowest BCUT2D eigenvalue weighted by molar-refractivity contribution is 0.282. The van der Waals surface area contributed by atoms with Crippen LogP contribution in [0.25, 0.3) is 11.1 Å². The Balaban J connectivity index is 1.16. The molecule has 4 aromatic rings. The molecule has 0 bridgehead atoms. The van der Waals surface area contributed by atoms with Crippen molar-refractivity contribution in [2.75, 3.05) is 26.4 Å². The van der Waals surface area contributed by atoms with Gasteiger partial charge < -0.3 is 19.7 Å². The van der Waals surface area contributed by atoms with Crippen LogP contribution in [0.15, 0.2) is 97.1 Å². The predicted octanol–water partition coefficient (Wildman–Crippen LogP) is 12.6. The molecule has 0 heterocycles. The van der Waals surface area contributed by atoms with Gasteiger partial charge >= 0.3 is 0 Å². The molecule has 2 N–H and O–H groups in total. The highest BCUT2D eigenvalue weighted by molar-refractivity contribution is 5.86. The number of aliphatic hydroxyl groups excluding tert-OH is 2. The van der Waals surface area contributed by atoms with Crippen LogP contribution in [0.1, 0.15) is 151 Å². The van der Waals surface area contributed by atoms with Crippen LogP contribution in [-0.4, -0.2) is 36.6 Å². The highest BCUT2D eigenvalue weighted by atomic mass is 16.5. The Morgan fingerprint density at radius 2 is 0.642 bits per heavy atom. The molecule has 0 saturated carbocycles. The molecule has 1 aliphatic carbocycles. The highest BCUT2D eigenvalue weighted by Crippen LogP contribution is 2.56. The van der Waals surface area contributed by atoms with E-state index in [9.17, 15) is 0 Å². The van der Waals surface area contributed by atoms with Gasteiger partial charge in [-0.1, -0.05) is 176 Å². The third-order valence-corrected chi connectivity index (χ3v) is 11.2. The van der Waals surface area contributed by atoms with Crippen LogP contribution in [0.5, 0.6) is 11.5 Å². The Hall–Kier alpha value is -3.60. The van der Waals surface area contributed by atoms with Crippen molar-refractivity contribution in [2.24, 2.45) is 0 Å². The van der Waals surface area contributed by atoms with E-state index in [2.05, 4.69) is 97.1 Å². The predicted molar refractivity (Wildman–Crippen MR) is 221 cm³/mol. The summed E-state index contributed by atoms with van der Waals surface area (Å²) < 4.78 is 12.5. The number of rotatable bonds is 28. The first-order valence-electron chi connectivity index (χ1n) is 21.2. The average Bonchev–Trinajstić information content (AvgIpc) is 3.50. The number of benzene rings is 4. The van der Waals surface area contributed by atoms with Crippen molar-refractivity contribution in [3.63, 3.8) is 0 Å². The summed E-state index contributed by atoms with van der Waals surface area (Å²) in [4.78, 5) is 0. The summed E-state index contributed by atoms with van der Waals surface area (Å²) in [6.07, 6.45) is 24.4. The largest absolute Gasteiger partial charge is 0.494 e. The Labute approximate surface area is 321 Å². The zero-order valence-corrected chi connectivity index (χ0v) is 32.4. The molecule has 0 aliphatic heterocycles. The van der Waals surface area contributed by atoms with Gasteiger partial charge in [0.2, 0.25) is 0 Å². The van der Waals surface area contributed by atoms with Crippen LogP contribution < -0.4 is 9.47 Å². The number of hydrogen-bond acceptors (Lipinski definition) is 4. The summed E-state index contributed by atoms with van der Waals surface area (Å²) >= 11 is 0. The van der Waals surface area contributed by atoms with E-state index >= 15 is 0 Å². The normalized spacial score (nSPS) is 12.8. The summed E-state index contributed by atoms with van der Waals surface area (Å²) in [7, 11) is 0. The molecule has 4 aromatic carbocycles. The van der Waals surface area contributed by atoms with Crippen molar-refractivity contribution in [2.45, 2.75) is 134 Å². The minimum Gasteiger partial charge on any atom is -0.494 e. The quantitative estimate of drug-likeness (QED) is 0.0506. The monoisotopic (exact) mass is 718 g/mol. The summed E-state index contributed by atoms with van der Waals surface area (Å²) in [5, 5.41) is 17.8. The first-order valence-corrected chi connectivity index (χ1v) is 21.2. The minimum absolute atomic E-state index is 0.330. The van der Waals surface area contributed by atoms with E-state index in [1.165, 1.54) is 123 Å². The van der Waals surface area contributed by atoms with Gasteiger partial charge in [-0.15, -0.1) is 0 Å². The van der Waals surface area contributed by atoms with E-state index in [1.807, 2.05) is 0 Å². The van der Waals surface area contributed by atoms with E-state index < -0.39 is 5.41 Å². The molecule has 0 amide bonds. The lowest BCUT2D eigenvalue weighted by Crippen LogP contribution is -2.28. The zero-order valence-electron chi connectivity index (χ0n) is 32.4. The van der Waals surface area contributed by atoms with Gasteiger partial charge in [0.15, 0.2) is 0 Å². The Morgan fingerprint density at radius 3 is 0.981 bits per heavy atom. The van der Waals surface area contributed by atoms with Gasteiger partial charge in [-0.3, -0.25) is 0 Å². The molecule has 4 heteroatoms. The van der Waals surface area contributed by atoms with E-state index in [0.29, 0.717) is 13.2 Å². The number of ether oxygens (including phenoxy) is 2. The summed E-state index contributed by atoms with van der Waals surface area (Å²) in [5.74, 6) is 1.87. The van der Waals surface area contributed by atoms with Gasteiger partial charge in [0.05, 0.1) is 18.6 Å². The number of unbranched alkanes of at least 4 members (excludes halogenated alkanes) is 18. The molecular weight excluding hydrogens is 653 g/mol. The lowest BCUT2D eigenvalue weighted by Gasteiger charge is -2.34. The second-order valence-corrected chi connectivity index (χ2v) is 15.1. The number of fused-ring (bicyclic) bond motifs is 3. The standard InChI is InChI=1S/C49H66O4/c50-37-21-13-9-5-1-3-7-11-15-23-39-52-43-33-29-41(30-34-43)49(47-27-19-17-25-45(47)46-26-18-20-28-48(46)49)42-31-35-44(36-32-42)53-40-24-16-12-8-4-2-6-10-14-22-38-51/h17-20,25-36,50-51H,1-16,21-24,37-40H2. The van der Waals surface area contributed by atoms with E-state index in [1.54, 1.807) is 0 Å².